The van der Waals surface area contributed by atoms with Crippen LogP contribution in [0.4, 0.5) is 0 Å². The van der Waals surface area contributed by atoms with E-state index in [-0.39, 0.29) is 6.04 Å². The summed E-state index contributed by atoms with van der Waals surface area (Å²) >= 11 is 3.43. The molecule has 1 aliphatic heterocycles. The lowest BCUT2D eigenvalue weighted by atomic mass is 10.1. The molecule has 1 aromatic heterocycles. The smallest absolute Gasteiger partial charge is 0.164 e. The van der Waals surface area contributed by atoms with E-state index in [4.69, 9.17) is 5.73 Å². The van der Waals surface area contributed by atoms with Crippen molar-refractivity contribution in [1.82, 2.24) is 14.8 Å². The van der Waals surface area contributed by atoms with Gasteiger partial charge in [0.05, 0.1) is 0 Å². The molecule has 1 atom stereocenters. The second kappa shape index (κ2) is 4.23. The zero-order valence-electron chi connectivity index (χ0n) is 9.31. The number of halogens is 1. The number of benzene rings is 1. The Labute approximate surface area is 108 Å². The van der Waals surface area contributed by atoms with Gasteiger partial charge in [-0.2, -0.15) is 0 Å². The van der Waals surface area contributed by atoms with Gasteiger partial charge in [-0.1, -0.05) is 28.1 Å². The molecule has 0 aliphatic carbocycles. The minimum absolute atomic E-state index is 0.215. The molecule has 2 heterocycles. The topological polar surface area (TPSA) is 56.7 Å². The summed E-state index contributed by atoms with van der Waals surface area (Å²) in [6, 6.07) is 8.33. The van der Waals surface area contributed by atoms with Crippen molar-refractivity contribution in [3.8, 4) is 11.4 Å². The van der Waals surface area contributed by atoms with Crippen molar-refractivity contribution >= 4 is 15.9 Å². The Balaban J connectivity index is 2.04. The summed E-state index contributed by atoms with van der Waals surface area (Å²) < 4.78 is 3.20. The lowest BCUT2D eigenvalue weighted by molar-refractivity contribution is 0.456. The van der Waals surface area contributed by atoms with Crippen LogP contribution < -0.4 is 5.73 Å². The van der Waals surface area contributed by atoms with Crippen molar-refractivity contribution in [2.75, 3.05) is 0 Å². The second-order valence-electron chi connectivity index (χ2n) is 4.36. The summed E-state index contributed by atoms with van der Waals surface area (Å²) in [7, 11) is 0. The first-order chi connectivity index (χ1) is 8.24. The van der Waals surface area contributed by atoms with Gasteiger partial charge >= 0.3 is 0 Å². The van der Waals surface area contributed by atoms with Crippen LogP contribution in [0.5, 0.6) is 0 Å². The SMILES string of the molecule is NC1CCc2nnc(-c3ccc(Br)cc3)n2C1. The van der Waals surface area contributed by atoms with Gasteiger partial charge in [0.25, 0.3) is 0 Å². The van der Waals surface area contributed by atoms with Gasteiger partial charge in [0.2, 0.25) is 0 Å². The number of hydrogen-bond donors (Lipinski definition) is 1. The number of hydrogen-bond acceptors (Lipinski definition) is 3. The van der Waals surface area contributed by atoms with E-state index in [0.717, 1.165) is 41.1 Å². The predicted molar refractivity (Wildman–Crippen MR) is 69.5 cm³/mol. The molecule has 5 heteroatoms. The van der Waals surface area contributed by atoms with E-state index in [2.05, 4.69) is 30.7 Å². The average Bonchev–Trinajstić information content (AvgIpc) is 2.73. The number of fused-ring (bicyclic) bond motifs is 1. The Bertz CT molecular complexity index is 532. The highest BCUT2D eigenvalue weighted by molar-refractivity contribution is 9.10. The summed E-state index contributed by atoms with van der Waals surface area (Å²) in [6.45, 7) is 0.813. The van der Waals surface area contributed by atoms with E-state index < -0.39 is 0 Å². The first kappa shape index (κ1) is 10.9. The van der Waals surface area contributed by atoms with Crippen LogP contribution in [0.2, 0.25) is 0 Å². The molecule has 0 saturated heterocycles. The molecule has 4 nitrogen and oxygen atoms in total. The van der Waals surface area contributed by atoms with Crippen LogP contribution in [0.15, 0.2) is 28.7 Å². The Morgan fingerprint density at radius 2 is 2.00 bits per heavy atom. The van der Waals surface area contributed by atoms with Crippen molar-refractivity contribution in [1.29, 1.82) is 0 Å². The lowest BCUT2D eigenvalue weighted by Crippen LogP contribution is -2.32. The van der Waals surface area contributed by atoms with Crippen molar-refractivity contribution < 1.29 is 0 Å². The fourth-order valence-corrected chi connectivity index (χ4v) is 2.43. The standard InChI is InChI=1S/C12H13BrN4/c13-9-3-1-8(2-4-9)12-16-15-11-6-5-10(14)7-17(11)12/h1-4,10H,5-7,14H2. The van der Waals surface area contributed by atoms with Crippen LogP contribution in [0, 0.1) is 0 Å². The molecule has 2 aromatic rings. The van der Waals surface area contributed by atoms with Gasteiger partial charge in [-0.25, -0.2) is 0 Å². The van der Waals surface area contributed by atoms with Gasteiger partial charge in [0, 0.05) is 29.0 Å². The monoisotopic (exact) mass is 292 g/mol. The van der Waals surface area contributed by atoms with Gasteiger partial charge < -0.3 is 10.3 Å². The third-order valence-corrected chi connectivity index (χ3v) is 3.61. The third-order valence-electron chi connectivity index (χ3n) is 3.09. The molecule has 17 heavy (non-hydrogen) atoms. The Hall–Kier alpha value is -1.20. The van der Waals surface area contributed by atoms with E-state index >= 15 is 0 Å². The van der Waals surface area contributed by atoms with Crippen molar-refractivity contribution in [3.05, 3.63) is 34.6 Å². The minimum Gasteiger partial charge on any atom is -0.326 e. The largest absolute Gasteiger partial charge is 0.326 e. The fourth-order valence-electron chi connectivity index (χ4n) is 2.16. The van der Waals surface area contributed by atoms with Crippen LogP contribution in [0.3, 0.4) is 0 Å². The predicted octanol–water partition coefficient (Wildman–Crippen LogP) is 1.98. The number of nitrogens with zero attached hydrogens (tertiary/aromatic N) is 3. The van der Waals surface area contributed by atoms with Crippen molar-refractivity contribution in [3.63, 3.8) is 0 Å². The fraction of sp³-hybridized carbons (Fsp3) is 0.333. The zero-order chi connectivity index (χ0) is 11.8. The quantitative estimate of drug-likeness (QED) is 0.874. The molecular weight excluding hydrogens is 280 g/mol. The summed E-state index contributed by atoms with van der Waals surface area (Å²) in [6.07, 6.45) is 1.92. The van der Waals surface area contributed by atoms with E-state index in [1.165, 1.54) is 0 Å². The van der Waals surface area contributed by atoms with Gasteiger partial charge in [-0.15, -0.1) is 10.2 Å². The van der Waals surface area contributed by atoms with Crippen LogP contribution >= 0.6 is 15.9 Å². The first-order valence-corrected chi connectivity index (χ1v) is 6.47. The Kier molecular flexibility index (Phi) is 2.72. The van der Waals surface area contributed by atoms with Gasteiger partial charge in [-0.3, -0.25) is 0 Å². The molecule has 1 aliphatic rings. The molecule has 88 valence electrons. The van der Waals surface area contributed by atoms with E-state index in [1.54, 1.807) is 0 Å². The molecule has 1 unspecified atom stereocenters. The van der Waals surface area contributed by atoms with Gasteiger partial charge in [0.15, 0.2) is 5.82 Å². The highest BCUT2D eigenvalue weighted by Crippen LogP contribution is 2.23. The molecule has 0 radical (unpaired) electrons. The second-order valence-corrected chi connectivity index (χ2v) is 5.27. The van der Waals surface area contributed by atoms with Crippen LogP contribution in [0.1, 0.15) is 12.2 Å². The van der Waals surface area contributed by atoms with Crippen molar-refractivity contribution in [2.45, 2.75) is 25.4 Å². The van der Waals surface area contributed by atoms with E-state index in [0.29, 0.717) is 0 Å². The number of aromatic nitrogens is 3. The van der Waals surface area contributed by atoms with Crippen LogP contribution in [-0.4, -0.2) is 20.8 Å². The molecule has 0 fully saturated rings. The number of rotatable bonds is 1. The minimum atomic E-state index is 0.215. The molecule has 0 saturated carbocycles. The molecule has 1 aromatic carbocycles. The third kappa shape index (κ3) is 2.00. The molecule has 0 spiro atoms. The molecular formula is C12H13BrN4. The van der Waals surface area contributed by atoms with E-state index in [9.17, 15) is 0 Å². The van der Waals surface area contributed by atoms with Gasteiger partial charge in [0.1, 0.15) is 5.82 Å². The molecule has 0 amide bonds. The Morgan fingerprint density at radius 1 is 1.24 bits per heavy atom. The molecule has 2 N–H and O–H groups in total. The maximum atomic E-state index is 6.00. The maximum Gasteiger partial charge on any atom is 0.164 e. The number of nitrogens with two attached hydrogens (primary N) is 1. The average molecular weight is 293 g/mol. The zero-order valence-corrected chi connectivity index (χ0v) is 10.9. The Morgan fingerprint density at radius 3 is 2.76 bits per heavy atom. The first-order valence-electron chi connectivity index (χ1n) is 5.67. The van der Waals surface area contributed by atoms with Crippen LogP contribution in [0.25, 0.3) is 11.4 Å². The van der Waals surface area contributed by atoms with Crippen molar-refractivity contribution in [2.24, 2.45) is 5.73 Å². The molecule has 3 rings (SSSR count). The van der Waals surface area contributed by atoms with Gasteiger partial charge in [-0.05, 0) is 18.6 Å². The highest BCUT2D eigenvalue weighted by Gasteiger charge is 2.20. The lowest BCUT2D eigenvalue weighted by Gasteiger charge is -2.20. The summed E-state index contributed by atoms with van der Waals surface area (Å²) in [5.74, 6) is 1.97. The summed E-state index contributed by atoms with van der Waals surface area (Å²) in [4.78, 5) is 0. The molecule has 0 bridgehead atoms. The maximum absolute atomic E-state index is 6.00. The summed E-state index contributed by atoms with van der Waals surface area (Å²) in [5.41, 5.74) is 7.08. The summed E-state index contributed by atoms with van der Waals surface area (Å²) in [5, 5.41) is 8.51. The highest BCUT2D eigenvalue weighted by atomic mass is 79.9. The van der Waals surface area contributed by atoms with E-state index in [1.807, 2.05) is 24.3 Å². The van der Waals surface area contributed by atoms with Crippen LogP contribution in [-0.2, 0) is 13.0 Å². The normalized spacial score (nSPS) is 19.1. The number of aryl methyl sites for hydroxylation is 1.